The van der Waals surface area contributed by atoms with Gasteiger partial charge in [0.2, 0.25) is 5.13 Å². The number of anilines is 1. The molecule has 4 rings (SSSR count). The molecule has 0 radical (unpaired) electrons. The smallest absolute Gasteiger partial charge is 0.203 e. The molecular formula is C20H17Cl2N3S. The monoisotopic (exact) mass is 401 g/mol. The molecule has 0 spiro atoms. The van der Waals surface area contributed by atoms with E-state index in [4.69, 9.17) is 23.2 Å². The molecular weight excluding hydrogens is 385 g/mol. The molecule has 0 bridgehead atoms. The van der Waals surface area contributed by atoms with Crippen LogP contribution in [-0.4, -0.2) is 10.7 Å². The van der Waals surface area contributed by atoms with Crippen LogP contribution in [0, 0.1) is 0 Å². The number of halogens is 2. The van der Waals surface area contributed by atoms with Crippen molar-refractivity contribution in [3.8, 4) is 11.3 Å². The highest BCUT2D eigenvalue weighted by Gasteiger charge is 2.13. The lowest BCUT2D eigenvalue weighted by Gasteiger charge is -2.03. The van der Waals surface area contributed by atoms with Crippen LogP contribution in [0.25, 0.3) is 11.3 Å². The molecule has 1 aromatic heterocycles. The first kappa shape index (κ1) is 17.5. The molecule has 0 amide bonds. The van der Waals surface area contributed by atoms with Gasteiger partial charge in [-0.2, -0.15) is 5.10 Å². The number of nitrogens with one attached hydrogen (secondary N) is 1. The van der Waals surface area contributed by atoms with Crippen LogP contribution in [-0.2, 0) is 12.8 Å². The molecule has 6 heteroatoms. The number of hydrazone groups is 1. The van der Waals surface area contributed by atoms with E-state index >= 15 is 0 Å². The summed E-state index contributed by atoms with van der Waals surface area (Å²) in [6.07, 6.45) is 3.62. The fourth-order valence-corrected chi connectivity index (χ4v) is 4.07. The van der Waals surface area contributed by atoms with E-state index in [0.717, 1.165) is 22.1 Å². The van der Waals surface area contributed by atoms with Gasteiger partial charge in [-0.3, -0.25) is 5.43 Å². The van der Waals surface area contributed by atoms with Crippen LogP contribution in [0.15, 0.2) is 46.9 Å². The molecule has 0 atom stereocenters. The first-order chi connectivity index (χ1) is 12.6. The summed E-state index contributed by atoms with van der Waals surface area (Å²) in [4.78, 5) is 4.66. The lowest BCUT2D eigenvalue weighted by atomic mass is 10.1. The molecule has 0 fully saturated rings. The lowest BCUT2D eigenvalue weighted by Crippen LogP contribution is -1.99. The second kappa shape index (κ2) is 7.39. The largest absolute Gasteiger partial charge is 0.252 e. The first-order valence-electron chi connectivity index (χ1n) is 8.43. The van der Waals surface area contributed by atoms with Crippen molar-refractivity contribution in [1.82, 2.24) is 4.98 Å². The van der Waals surface area contributed by atoms with E-state index < -0.39 is 0 Å². The summed E-state index contributed by atoms with van der Waals surface area (Å²) in [5.74, 6) is 0. The Morgan fingerprint density at radius 2 is 1.92 bits per heavy atom. The normalized spacial score (nSPS) is 13.7. The van der Waals surface area contributed by atoms with Crippen molar-refractivity contribution in [1.29, 1.82) is 0 Å². The molecule has 132 valence electrons. The molecule has 2 aromatic carbocycles. The van der Waals surface area contributed by atoms with Crippen molar-refractivity contribution in [3.63, 3.8) is 0 Å². The topological polar surface area (TPSA) is 37.3 Å². The minimum Gasteiger partial charge on any atom is -0.252 e. The van der Waals surface area contributed by atoms with Crippen molar-refractivity contribution in [2.24, 2.45) is 5.10 Å². The summed E-state index contributed by atoms with van der Waals surface area (Å²) in [6, 6.07) is 12.1. The van der Waals surface area contributed by atoms with Gasteiger partial charge in [-0.1, -0.05) is 41.4 Å². The molecule has 1 aliphatic carbocycles. The number of hydrogen-bond donors (Lipinski definition) is 1. The first-order valence-corrected chi connectivity index (χ1v) is 10.1. The van der Waals surface area contributed by atoms with Gasteiger partial charge in [0.1, 0.15) is 0 Å². The highest BCUT2D eigenvalue weighted by atomic mass is 35.5. The number of thiazole rings is 1. The van der Waals surface area contributed by atoms with Gasteiger partial charge in [-0.25, -0.2) is 4.98 Å². The van der Waals surface area contributed by atoms with Crippen LogP contribution in [0.5, 0.6) is 0 Å². The van der Waals surface area contributed by atoms with Crippen LogP contribution >= 0.6 is 34.5 Å². The Balaban J connectivity index is 1.50. The van der Waals surface area contributed by atoms with Crippen molar-refractivity contribution < 1.29 is 0 Å². The average molecular weight is 402 g/mol. The molecule has 1 N–H and O–H groups in total. The maximum Gasteiger partial charge on any atom is 0.203 e. The van der Waals surface area contributed by atoms with Gasteiger partial charge in [0.05, 0.1) is 21.5 Å². The number of aryl methyl sites for hydroxylation is 2. The van der Waals surface area contributed by atoms with Gasteiger partial charge < -0.3 is 0 Å². The second-order valence-electron chi connectivity index (χ2n) is 6.31. The highest BCUT2D eigenvalue weighted by Crippen LogP contribution is 2.30. The van der Waals surface area contributed by atoms with E-state index in [9.17, 15) is 0 Å². The van der Waals surface area contributed by atoms with Crippen LogP contribution in [0.3, 0.4) is 0 Å². The van der Waals surface area contributed by atoms with Gasteiger partial charge in [0, 0.05) is 10.9 Å². The molecule has 26 heavy (non-hydrogen) atoms. The number of hydrogen-bond acceptors (Lipinski definition) is 4. The summed E-state index contributed by atoms with van der Waals surface area (Å²) in [5.41, 5.74) is 9.86. The Morgan fingerprint density at radius 3 is 2.77 bits per heavy atom. The summed E-state index contributed by atoms with van der Waals surface area (Å²) >= 11 is 13.6. The lowest BCUT2D eigenvalue weighted by molar-refractivity contribution is 0.912. The van der Waals surface area contributed by atoms with E-state index in [-0.39, 0.29) is 0 Å². The standard InChI is InChI=1S/C20H17Cl2N3S/c1-12(14-7-8-17(21)18(22)10-14)24-25-20-23-19(11-26-20)16-6-5-13-3-2-4-15(13)9-16/h5-11H,2-4H2,1H3,(H,23,25)/b24-12-. The van der Waals surface area contributed by atoms with Crippen LogP contribution in [0.1, 0.15) is 30.0 Å². The second-order valence-corrected chi connectivity index (χ2v) is 7.99. The molecule has 1 aliphatic rings. The zero-order chi connectivity index (χ0) is 18.1. The molecule has 1 heterocycles. The average Bonchev–Trinajstić information content (AvgIpc) is 3.30. The fraction of sp³-hybridized carbons (Fsp3) is 0.200. The predicted octanol–water partition coefficient (Wildman–Crippen LogP) is 6.44. The highest BCUT2D eigenvalue weighted by molar-refractivity contribution is 7.14. The Morgan fingerprint density at radius 1 is 1.08 bits per heavy atom. The predicted molar refractivity (Wildman–Crippen MR) is 112 cm³/mol. The third-order valence-corrected chi connectivity index (χ3v) is 6.04. The number of aromatic nitrogens is 1. The summed E-state index contributed by atoms with van der Waals surface area (Å²) < 4.78 is 0. The number of benzene rings is 2. The van der Waals surface area contributed by atoms with Gasteiger partial charge in [0.15, 0.2) is 0 Å². The summed E-state index contributed by atoms with van der Waals surface area (Å²) in [7, 11) is 0. The van der Waals surface area contributed by atoms with E-state index in [0.29, 0.717) is 10.0 Å². The number of nitrogens with zero attached hydrogens (tertiary/aromatic N) is 2. The van der Waals surface area contributed by atoms with Crippen molar-refractivity contribution in [3.05, 3.63) is 68.5 Å². The quantitative estimate of drug-likeness (QED) is 0.403. The third kappa shape index (κ3) is 3.63. The Bertz CT molecular complexity index is 994. The molecule has 0 saturated heterocycles. The van der Waals surface area contributed by atoms with Gasteiger partial charge in [-0.05, 0) is 61.1 Å². The molecule has 3 nitrogen and oxygen atoms in total. The summed E-state index contributed by atoms with van der Waals surface area (Å²) in [6.45, 7) is 1.92. The zero-order valence-electron chi connectivity index (χ0n) is 14.2. The van der Waals surface area contributed by atoms with Crippen molar-refractivity contribution in [2.75, 3.05) is 5.43 Å². The Labute approximate surface area is 166 Å². The zero-order valence-corrected chi connectivity index (χ0v) is 16.5. The van der Waals surface area contributed by atoms with Gasteiger partial charge in [-0.15, -0.1) is 11.3 Å². The fourth-order valence-electron chi connectivity index (χ4n) is 3.11. The molecule has 0 unspecified atom stereocenters. The van der Waals surface area contributed by atoms with E-state index in [1.165, 1.54) is 36.0 Å². The van der Waals surface area contributed by atoms with Crippen LogP contribution in [0.2, 0.25) is 10.0 Å². The maximum atomic E-state index is 6.07. The number of rotatable bonds is 4. The molecule has 3 aromatic rings. The third-order valence-electron chi connectivity index (χ3n) is 4.56. The van der Waals surface area contributed by atoms with E-state index in [1.807, 2.05) is 19.1 Å². The van der Waals surface area contributed by atoms with Crippen molar-refractivity contribution >= 4 is 45.4 Å². The minimum absolute atomic E-state index is 0.520. The Hall–Kier alpha value is -1.88. The SMILES string of the molecule is C/C(=N/Nc1nc(-c2ccc3c(c2)CCC3)cs1)c1ccc(Cl)c(Cl)c1. The molecule has 0 saturated carbocycles. The van der Waals surface area contributed by atoms with E-state index in [1.54, 1.807) is 17.4 Å². The Kier molecular flexibility index (Phi) is 4.98. The maximum absolute atomic E-state index is 6.07. The summed E-state index contributed by atoms with van der Waals surface area (Å²) in [5, 5.41) is 8.29. The van der Waals surface area contributed by atoms with Gasteiger partial charge >= 0.3 is 0 Å². The minimum atomic E-state index is 0.520. The van der Waals surface area contributed by atoms with Crippen LogP contribution < -0.4 is 5.43 Å². The van der Waals surface area contributed by atoms with Crippen molar-refractivity contribution in [2.45, 2.75) is 26.2 Å². The van der Waals surface area contributed by atoms with Crippen LogP contribution in [0.4, 0.5) is 5.13 Å². The molecule has 0 aliphatic heterocycles. The number of fused-ring (bicyclic) bond motifs is 1. The van der Waals surface area contributed by atoms with E-state index in [2.05, 4.69) is 39.1 Å². The van der Waals surface area contributed by atoms with Gasteiger partial charge in [0.25, 0.3) is 0 Å².